The molecule has 0 saturated carbocycles. The summed E-state index contributed by atoms with van der Waals surface area (Å²) in [4.78, 5) is 26.5. The van der Waals surface area contributed by atoms with Crippen molar-refractivity contribution in [1.29, 1.82) is 0 Å². The van der Waals surface area contributed by atoms with Gasteiger partial charge in [-0.05, 0) is 54.2 Å². The Hall–Kier alpha value is -1.89. The number of carbonyl (C=O) groups excluding carboxylic acids is 2. The highest BCUT2D eigenvalue weighted by Gasteiger charge is 2.36. The van der Waals surface area contributed by atoms with E-state index in [4.69, 9.17) is 50.8 Å². The van der Waals surface area contributed by atoms with Crippen molar-refractivity contribution in [2.24, 2.45) is 0 Å². The van der Waals surface area contributed by atoms with E-state index in [1.165, 1.54) is 6.08 Å². The van der Waals surface area contributed by atoms with Crippen molar-refractivity contribution in [2.45, 2.75) is 6.54 Å². The van der Waals surface area contributed by atoms with Gasteiger partial charge in [-0.1, -0.05) is 52.5 Å². The summed E-state index contributed by atoms with van der Waals surface area (Å²) in [6.45, 7) is -0.00900. The Balaban J connectivity index is 1.57. The molecule has 1 aromatic heterocycles. The normalized spacial score (nSPS) is 15.5. The predicted molar refractivity (Wildman–Crippen MR) is 122 cm³/mol. The highest BCUT2D eigenvalue weighted by atomic mass is 35.5. The highest BCUT2D eigenvalue weighted by Crippen LogP contribution is 2.36. The lowest BCUT2D eigenvalue weighted by Gasteiger charge is -2.14. The number of nitrogens with zero attached hydrogens (tertiary/aromatic N) is 1. The van der Waals surface area contributed by atoms with Crippen LogP contribution in [0, 0.1) is 0 Å². The molecule has 1 saturated heterocycles. The van der Waals surface area contributed by atoms with E-state index in [0.29, 0.717) is 42.7 Å². The van der Waals surface area contributed by atoms with Crippen LogP contribution < -0.4 is 0 Å². The number of carbonyl (C=O) groups is 2. The van der Waals surface area contributed by atoms with Crippen molar-refractivity contribution in [2.75, 3.05) is 0 Å². The molecule has 152 valence electrons. The lowest BCUT2D eigenvalue weighted by molar-refractivity contribution is -0.123. The Bertz CT molecular complexity index is 1160. The van der Waals surface area contributed by atoms with E-state index in [9.17, 15) is 9.59 Å². The monoisotopic (exact) mass is 497 g/mol. The lowest BCUT2D eigenvalue weighted by atomic mass is 10.2. The van der Waals surface area contributed by atoms with Crippen LogP contribution >= 0.6 is 58.2 Å². The van der Waals surface area contributed by atoms with E-state index in [2.05, 4.69) is 0 Å². The lowest BCUT2D eigenvalue weighted by Crippen LogP contribution is -2.27. The predicted octanol–water partition coefficient (Wildman–Crippen LogP) is 7.80. The second-order valence-electron chi connectivity index (χ2n) is 6.33. The Morgan fingerprint density at radius 3 is 2.27 bits per heavy atom. The van der Waals surface area contributed by atoms with Crippen LogP contribution in [0.1, 0.15) is 11.3 Å². The maximum atomic E-state index is 12.8. The zero-order valence-corrected chi connectivity index (χ0v) is 18.8. The Labute approximate surface area is 196 Å². The van der Waals surface area contributed by atoms with Gasteiger partial charge in [-0.2, -0.15) is 0 Å². The van der Waals surface area contributed by atoms with Crippen LogP contribution in [-0.2, 0) is 11.3 Å². The molecule has 0 atom stereocenters. The molecule has 2 heterocycles. The van der Waals surface area contributed by atoms with Gasteiger partial charge in [0.05, 0.1) is 11.4 Å². The van der Waals surface area contributed by atoms with Crippen molar-refractivity contribution in [3.8, 4) is 11.3 Å². The van der Waals surface area contributed by atoms with Gasteiger partial charge in [0.2, 0.25) is 0 Å². The third kappa shape index (κ3) is 4.41. The van der Waals surface area contributed by atoms with E-state index in [0.717, 1.165) is 16.7 Å². The molecular weight excluding hydrogens is 488 g/mol. The molecule has 0 radical (unpaired) electrons. The topological polar surface area (TPSA) is 50.5 Å². The SMILES string of the molecule is O=C1S/C(=C\c2ccc(-c3cc(Cl)cc(Cl)c3)o2)C(=O)N1Cc1c(Cl)cccc1Cl. The number of amides is 2. The number of hydrogen-bond acceptors (Lipinski definition) is 4. The van der Waals surface area contributed by atoms with Gasteiger partial charge in [0.1, 0.15) is 11.5 Å². The van der Waals surface area contributed by atoms with Gasteiger partial charge in [0.15, 0.2) is 0 Å². The van der Waals surface area contributed by atoms with Crippen LogP contribution in [0.25, 0.3) is 17.4 Å². The van der Waals surface area contributed by atoms with E-state index < -0.39 is 11.1 Å². The highest BCUT2D eigenvalue weighted by molar-refractivity contribution is 8.18. The molecule has 2 aromatic carbocycles. The fourth-order valence-corrected chi connectivity index (χ4v) is 4.75. The number of thioether (sulfide) groups is 1. The number of furan rings is 1. The number of benzene rings is 2. The van der Waals surface area contributed by atoms with E-state index in [1.807, 2.05) is 0 Å². The summed E-state index contributed by atoms with van der Waals surface area (Å²) in [5.41, 5.74) is 1.22. The average molecular weight is 499 g/mol. The molecule has 0 bridgehead atoms. The Morgan fingerprint density at radius 2 is 1.60 bits per heavy atom. The van der Waals surface area contributed by atoms with Crippen LogP contribution in [0.3, 0.4) is 0 Å². The number of halogens is 4. The molecule has 0 N–H and O–H groups in total. The summed E-state index contributed by atoms with van der Waals surface area (Å²) in [6, 6.07) is 13.5. The van der Waals surface area contributed by atoms with Crippen molar-refractivity contribution >= 4 is 75.4 Å². The smallest absolute Gasteiger partial charge is 0.293 e. The first-order chi connectivity index (χ1) is 14.3. The summed E-state index contributed by atoms with van der Waals surface area (Å²) in [5.74, 6) is 0.514. The first-order valence-corrected chi connectivity index (χ1v) is 10.9. The van der Waals surface area contributed by atoms with Crippen LogP contribution in [-0.4, -0.2) is 16.0 Å². The molecule has 1 aliphatic heterocycles. The van der Waals surface area contributed by atoms with Gasteiger partial charge >= 0.3 is 0 Å². The van der Waals surface area contributed by atoms with Gasteiger partial charge in [-0.15, -0.1) is 0 Å². The molecule has 30 heavy (non-hydrogen) atoms. The largest absolute Gasteiger partial charge is 0.457 e. The summed E-state index contributed by atoms with van der Waals surface area (Å²) >= 11 is 25.2. The molecule has 0 spiro atoms. The Morgan fingerprint density at radius 1 is 0.933 bits per heavy atom. The van der Waals surface area contributed by atoms with Crippen LogP contribution in [0.5, 0.6) is 0 Å². The van der Waals surface area contributed by atoms with Crippen molar-refractivity contribution in [1.82, 2.24) is 4.90 Å². The minimum atomic E-state index is -0.440. The first-order valence-electron chi connectivity index (χ1n) is 8.56. The molecule has 0 unspecified atom stereocenters. The molecule has 2 amide bonds. The van der Waals surface area contributed by atoms with Gasteiger partial charge in [-0.25, -0.2) is 0 Å². The second kappa shape index (κ2) is 8.69. The zero-order chi connectivity index (χ0) is 21.4. The van der Waals surface area contributed by atoms with Crippen molar-refractivity contribution in [3.05, 3.63) is 84.9 Å². The van der Waals surface area contributed by atoms with Gasteiger partial charge in [0, 0.05) is 37.3 Å². The Kier molecular flexibility index (Phi) is 6.19. The fraction of sp³-hybridized carbons (Fsp3) is 0.0476. The van der Waals surface area contributed by atoms with Crippen LogP contribution in [0.4, 0.5) is 4.79 Å². The van der Waals surface area contributed by atoms with Gasteiger partial charge in [0.25, 0.3) is 11.1 Å². The number of imide groups is 1. The van der Waals surface area contributed by atoms with Crippen molar-refractivity contribution < 1.29 is 14.0 Å². The molecule has 3 aromatic rings. The fourth-order valence-electron chi connectivity index (χ4n) is 2.89. The van der Waals surface area contributed by atoms with Crippen LogP contribution in [0.2, 0.25) is 20.1 Å². The maximum Gasteiger partial charge on any atom is 0.293 e. The average Bonchev–Trinajstić information content (AvgIpc) is 3.24. The third-order valence-electron chi connectivity index (χ3n) is 4.30. The summed E-state index contributed by atoms with van der Waals surface area (Å²) in [7, 11) is 0. The van der Waals surface area contributed by atoms with Gasteiger partial charge < -0.3 is 4.42 Å². The molecular formula is C21H11Cl4NO3S. The first kappa shape index (κ1) is 21.3. The van der Waals surface area contributed by atoms with Gasteiger partial charge in [-0.3, -0.25) is 14.5 Å². The quantitative estimate of drug-likeness (QED) is 0.344. The number of rotatable bonds is 4. The summed E-state index contributed by atoms with van der Waals surface area (Å²) < 4.78 is 5.79. The molecule has 9 heteroatoms. The van der Waals surface area contributed by atoms with Crippen molar-refractivity contribution in [3.63, 3.8) is 0 Å². The molecule has 1 aliphatic rings. The molecule has 4 nitrogen and oxygen atoms in total. The zero-order valence-electron chi connectivity index (χ0n) is 15.0. The van der Waals surface area contributed by atoms with Crippen LogP contribution in [0.15, 0.2) is 57.9 Å². The number of hydrogen-bond donors (Lipinski definition) is 0. The summed E-state index contributed by atoms with van der Waals surface area (Å²) in [5, 5.41) is 1.34. The maximum absolute atomic E-state index is 12.8. The van der Waals surface area contributed by atoms with E-state index >= 15 is 0 Å². The minimum absolute atomic E-state index is 0.00900. The third-order valence-corrected chi connectivity index (χ3v) is 6.35. The second-order valence-corrected chi connectivity index (χ2v) is 9.01. The summed E-state index contributed by atoms with van der Waals surface area (Å²) in [6.07, 6.45) is 1.52. The minimum Gasteiger partial charge on any atom is -0.457 e. The van der Waals surface area contributed by atoms with E-state index in [1.54, 1.807) is 48.5 Å². The van der Waals surface area contributed by atoms with E-state index in [-0.39, 0.29) is 11.4 Å². The molecule has 4 rings (SSSR count). The molecule has 1 fully saturated rings. The molecule has 0 aliphatic carbocycles. The standard InChI is InChI=1S/C21H11Cl4NO3S/c22-12-6-11(7-13(23)8-12)18-5-4-14(29-18)9-19-20(27)26(21(28)30-19)10-15-16(24)2-1-3-17(15)25/h1-9H,10H2/b19-9-.